The molecule has 2 atom stereocenters. The number of hydrogen-bond donors (Lipinski definition) is 1. The van der Waals surface area contributed by atoms with E-state index in [4.69, 9.17) is 0 Å². The normalized spacial score (nSPS) is 24.1. The molecule has 0 radical (unpaired) electrons. The summed E-state index contributed by atoms with van der Waals surface area (Å²) < 4.78 is 27.9. The van der Waals surface area contributed by atoms with E-state index in [1.807, 2.05) is 6.92 Å². The second-order valence-electron chi connectivity index (χ2n) is 5.08. The van der Waals surface area contributed by atoms with Crippen molar-refractivity contribution in [1.29, 1.82) is 0 Å². The van der Waals surface area contributed by atoms with Crippen LogP contribution in [-0.2, 0) is 21.4 Å². The number of carbonyl (C=O) groups is 1. The molecule has 7 nitrogen and oxygen atoms in total. The number of aliphatic carboxylic acids is 1. The van der Waals surface area contributed by atoms with Gasteiger partial charge in [-0.05, 0) is 26.2 Å². The van der Waals surface area contributed by atoms with E-state index in [2.05, 4.69) is 4.98 Å². The lowest BCUT2D eigenvalue weighted by Crippen LogP contribution is -2.42. The van der Waals surface area contributed by atoms with Crippen molar-refractivity contribution < 1.29 is 18.3 Å². The quantitative estimate of drug-likeness (QED) is 0.883. The van der Waals surface area contributed by atoms with E-state index >= 15 is 0 Å². The molecule has 0 amide bonds. The molecule has 2 heterocycles. The Hall–Kier alpha value is -1.41. The Bertz CT molecular complexity index is 623. The summed E-state index contributed by atoms with van der Waals surface area (Å²) in [6.45, 7) is 6.21. The van der Waals surface area contributed by atoms with Gasteiger partial charge in [0.15, 0.2) is 5.03 Å². The third-order valence-corrected chi connectivity index (χ3v) is 5.53. The van der Waals surface area contributed by atoms with E-state index in [1.165, 1.54) is 6.20 Å². The largest absolute Gasteiger partial charge is 0.480 e. The molecule has 0 bridgehead atoms. The Morgan fingerprint density at radius 3 is 2.70 bits per heavy atom. The van der Waals surface area contributed by atoms with Gasteiger partial charge >= 0.3 is 5.97 Å². The van der Waals surface area contributed by atoms with Gasteiger partial charge in [0.2, 0.25) is 0 Å². The van der Waals surface area contributed by atoms with Crippen molar-refractivity contribution >= 4 is 16.0 Å². The van der Waals surface area contributed by atoms with Crippen LogP contribution in [0.1, 0.15) is 26.1 Å². The van der Waals surface area contributed by atoms with Gasteiger partial charge in [0.25, 0.3) is 10.0 Å². The van der Waals surface area contributed by atoms with Crippen molar-refractivity contribution in [1.82, 2.24) is 13.9 Å². The predicted molar refractivity (Wildman–Crippen MR) is 71.7 cm³/mol. The molecule has 1 aromatic heterocycles. The van der Waals surface area contributed by atoms with Crippen LogP contribution < -0.4 is 0 Å². The standard InChI is InChI=1S/C12H19N3O4S/c1-4-14-7-10(13-9(14)3)20(18,19)15-6-5-8(2)11(15)12(16)17/h7-8,11H,4-6H2,1-3H3,(H,16,17). The van der Waals surface area contributed by atoms with E-state index in [0.717, 1.165) is 4.31 Å². The summed E-state index contributed by atoms with van der Waals surface area (Å²) in [5, 5.41) is 9.17. The van der Waals surface area contributed by atoms with Gasteiger partial charge in [-0.15, -0.1) is 0 Å². The first-order valence-electron chi connectivity index (χ1n) is 6.57. The molecule has 0 spiro atoms. The molecular weight excluding hydrogens is 282 g/mol. The Balaban J connectivity index is 2.41. The van der Waals surface area contributed by atoms with Gasteiger partial charge in [-0.2, -0.15) is 4.31 Å². The minimum atomic E-state index is -3.86. The number of hydrogen-bond acceptors (Lipinski definition) is 4. The first-order chi connectivity index (χ1) is 9.28. The molecule has 0 aromatic carbocycles. The number of aryl methyl sites for hydroxylation is 2. The second-order valence-corrected chi connectivity index (χ2v) is 6.91. The molecule has 1 aliphatic heterocycles. The lowest BCUT2D eigenvalue weighted by atomic mass is 10.0. The number of imidazole rings is 1. The molecule has 2 rings (SSSR count). The average Bonchev–Trinajstić information content (AvgIpc) is 2.92. The van der Waals surface area contributed by atoms with Crippen LogP contribution in [-0.4, -0.2) is 45.9 Å². The fraction of sp³-hybridized carbons (Fsp3) is 0.667. The maximum Gasteiger partial charge on any atom is 0.322 e. The summed E-state index contributed by atoms with van der Waals surface area (Å²) in [4.78, 5) is 15.4. The van der Waals surface area contributed by atoms with Crippen molar-refractivity contribution in [3.8, 4) is 0 Å². The fourth-order valence-electron chi connectivity index (χ4n) is 2.59. The summed E-state index contributed by atoms with van der Waals surface area (Å²) in [5.41, 5.74) is 0. The summed E-state index contributed by atoms with van der Waals surface area (Å²) in [6, 6.07) is -1.01. The third kappa shape index (κ3) is 2.33. The molecular formula is C12H19N3O4S. The maximum absolute atomic E-state index is 12.6. The van der Waals surface area contributed by atoms with E-state index in [1.54, 1.807) is 18.4 Å². The summed E-state index contributed by atoms with van der Waals surface area (Å²) in [6.07, 6.45) is 2.01. The lowest BCUT2D eigenvalue weighted by Gasteiger charge is -2.21. The number of nitrogens with zero attached hydrogens (tertiary/aromatic N) is 3. The number of sulfonamides is 1. The zero-order valence-corrected chi connectivity index (χ0v) is 12.6. The van der Waals surface area contributed by atoms with Crippen LogP contribution in [0, 0.1) is 12.8 Å². The van der Waals surface area contributed by atoms with Crippen molar-refractivity contribution in [3.63, 3.8) is 0 Å². The molecule has 1 aliphatic rings. The first kappa shape index (κ1) is 15.0. The van der Waals surface area contributed by atoms with Crippen molar-refractivity contribution in [3.05, 3.63) is 12.0 Å². The predicted octanol–water partition coefficient (Wildman–Crippen LogP) is 0.695. The Labute approximate surface area is 118 Å². The number of carboxylic acid groups (broad SMARTS) is 1. The van der Waals surface area contributed by atoms with Crippen LogP contribution >= 0.6 is 0 Å². The minimum Gasteiger partial charge on any atom is -0.480 e. The molecule has 8 heteroatoms. The first-order valence-corrected chi connectivity index (χ1v) is 8.01. The Morgan fingerprint density at radius 2 is 2.20 bits per heavy atom. The molecule has 1 N–H and O–H groups in total. The summed E-state index contributed by atoms with van der Waals surface area (Å²) in [7, 11) is -3.86. The topological polar surface area (TPSA) is 92.5 Å². The van der Waals surface area contributed by atoms with Gasteiger partial charge in [0.05, 0.1) is 0 Å². The van der Waals surface area contributed by atoms with Gasteiger partial charge < -0.3 is 9.67 Å². The zero-order valence-electron chi connectivity index (χ0n) is 11.8. The van der Waals surface area contributed by atoms with E-state index in [9.17, 15) is 18.3 Å². The fourth-order valence-corrected chi connectivity index (χ4v) is 4.28. The molecule has 2 unspecified atom stereocenters. The van der Waals surface area contributed by atoms with Crippen LogP contribution in [0.15, 0.2) is 11.2 Å². The smallest absolute Gasteiger partial charge is 0.322 e. The highest BCUT2D eigenvalue weighted by atomic mass is 32.2. The molecule has 20 heavy (non-hydrogen) atoms. The SMILES string of the molecule is CCn1cc(S(=O)(=O)N2CCC(C)C2C(=O)O)nc1C. The number of rotatable bonds is 4. The molecule has 0 aliphatic carbocycles. The van der Waals surface area contributed by atoms with Crippen LogP contribution in [0.3, 0.4) is 0 Å². The van der Waals surface area contributed by atoms with Crippen LogP contribution in [0.5, 0.6) is 0 Å². The minimum absolute atomic E-state index is 0.0720. The van der Waals surface area contributed by atoms with Crippen LogP contribution in [0.2, 0.25) is 0 Å². The highest BCUT2D eigenvalue weighted by Gasteiger charge is 2.44. The maximum atomic E-state index is 12.6. The van der Waals surface area contributed by atoms with Gasteiger partial charge in [-0.3, -0.25) is 4.79 Å². The Morgan fingerprint density at radius 1 is 1.55 bits per heavy atom. The van der Waals surface area contributed by atoms with Crippen LogP contribution in [0.4, 0.5) is 0 Å². The molecule has 112 valence electrons. The second kappa shape index (κ2) is 5.17. The van der Waals surface area contributed by atoms with E-state index in [-0.39, 0.29) is 17.5 Å². The zero-order chi connectivity index (χ0) is 15.1. The molecule has 0 saturated carbocycles. The monoisotopic (exact) mass is 301 g/mol. The van der Waals surface area contributed by atoms with Gasteiger partial charge in [-0.25, -0.2) is 13.4 Å². The number of carboxylic acids is 1. The summed E-state index contributed by atoms with van der Waals surface area (Å²) in [5.74, 6) is -0.702. The molecule has 1 fully saturated rings. The van der Waals surface area contributed by atoms with Crippen molar-refractivity contribution in [2.24, 2.45) is 5.92 Å². The lowest BCUT2D eigenvalue weighted by molar-refractivity contribution is -0.141. The van der Waals surface area contributed by atoms with Gasteiger partial charge in [0.1, 0.15) is 11.9 Å². The average molecular weight is 301 g/mol. The summed E-state index contributed by atoms with van der Waals surface area (Å²) >= 11 is 0. The van der Waals surface area contributed by atoms with Gasteiger partial charge in [-0.1, -0.05) is 6.92 Å². The third-order valence-electron chi connectivity index (χ3n) is 3.77. The van der Waals surface area contributed by atoms with Gasteiger partial charge in [0, 0.05) is 19.3 Å². The van der Waals surface area contributed by atoms with E-state index < -0.39 is 22.0 Å². The molecule has 1 saturated heterocycles. The molecule has 1 aromatic rings. The van der Waals surface area contributed by atoms with Crippen LogP contribution in [0.25, 0.3) is 0 Å². The van der Waals surface area contributed by atoms with Crippen molar-refractivity contribution in [2.75, 3.05) is 6.54 Å². The van der Waals surface area contributed by atoms with Crippen molar-refractivity contribution in [2.45, 2.75) is 44.8 Å². The number of aromatic nitrogens is 2. The highest BCUT2D eigenvalue weighted by molar-refractivity contribution is 7.89. The van der Waals surface area contributed by atoms with E-state index in [0.29, 0.717) is 18.8 Å². The Kier molecular flexibility index (Phi) is 3.88. The highest BCUT2D eigenvalue weighted by Crippen LogP contribution is 2.30.